The van der Waals surface area contributed by atoms with Gasteiger partial charge in [-0.1, -0.05) is 6.07 Å². The van der Waals surface area contributed by atoms with Crippen molar-refractivity contribution in [3.8, 4) is 0 Å². The van der Waals surface area contributed by atoms with Gasteiger partial charge < -0.3 is 25.4 Å². The fourth-order valence-electron chi connectivity index (χ4n) is 4.19. The number of anilines is 2. The lowest BCUT2D eigenvalue weighted by Crippen LogP contribution is -2.52. The van der Waals surface area contributed by atoms with Crippen LogP contribution in [-0.4, -0.2) is 81.5 Å². The summed E-state index contributed by atoms with van der Waals surface area (Å²) in [7, 11) is 3.17. The number of amides is 3. The molecule has 1 aliphatic heterocycles. The summed E-state index contributed by atoms with van der Waals surface area (Å²) >= 11 is 0. The second-order valence-corrected chi connectivity index (χ2v) is 9.28. The third-order valence-electron chi connectivity index (χ3n) is 6.28. The first-order chi connectivity index (χ1) is 16.2. The van der Waals surface area contributed by atoms with Crippen LogP contribution >= 0.6 is 0 Å². The zero-order chi connectivity index (χ0) is 25.0. The molecule has 1 unspecified atom stereocenters. The van der Waals surface area contributed by atoms with Gasteiger partial charge in [0.2, 0.25) is 5.91 Å². The van der Waals surface area contributed by atoms with E-state index in [2.05, 4.69) is 5.32 Å². The van der Waals surface area contributed by atoms with Crippen LogP contribution in [0.25, 0.3) is 0 Å². The zero-order valence-corrected chi connectivity index (χ0v) is 20.7. The van der Waals surface area contributed by atoms with Crippen molar-refractivity contribution in [1.82, 2.24) is 10.2 Å². The minimum absolute atomic E-state index is 0.0639. The summed E-state index contributed by atoms with van der Waals surface area (Å²) < 4.78 is 10.4. The molecule has 3 amide bonds. The van der Waals surface area contributed by atoms with Gasteiger partial charge in [0.1, 0.15) is 0 Å². The molecule has 1 aliphatic carbocycles. The van der Waals surface area contributed by atoms with E-state index in [0.29, 0.717) is 30.5 Å². The SMILES string of the molecule is COC(=O)N1c2ccc(C(CN)CNCC(=O)N(C)C3CC3)cc2N(C(=O)OC(C)C)C[C@@H]1C. The molecule has 1 aromatic carbocycles. The van der Waals surface area contributed by atoms with Gasteiger partial charge in [-0.15, -0.1) is 0 Å². The van der Waals surface area contributed by atoms with Crippen molar-refractivity contribution in [2.45, 2.75) is 57.7 Å². The van der Waals surface area contributed by atoms with Crippen LogP contribution in [0.4, 0.5) is 21.0 Å². The van der Waals surface area contributed by atoms with Crippen LogP contribution in [0.2, 0.25) is 0 Å². The van der Waals surface area contributed by atoms with Gasteiger partial charge in [0.05, 0.1) is 43.7 Å². The Labute approximate surface area is 201 Å². The smallest absolute Gasteiger partial charge is 0.414 e. The van der Waals surface area contributed by atoms with E-state index in [0.717, 1.165) is 18.4 Å². The molecular weight excluding hydrogens is 438 g/mol. The first kappa shape index (κ1) is 25.8. The molecule has 188 valence electrons. The molecule has 0 saturated heterocycles. The highest BCUT2D eigenvalue weighted by atomic mass is 16.6. The van der Waals surface area contributed by atoms with Gasteiger partial charge in [-0.3, -0.25) is 14.6 Å². The van der Waals surface area contributed by atoms with E-state index in [4.69, 9.17) is 15.2 Å². The molecule has 2 aliphatic rings. The molecule has 1 heterocycles. The number of carbonyl (C=O) groups excluding carboxylic acids is 3. The Hall–Kier alpha value is -2.85. The van der Waals surface area contributed by atoms with Crippen molar-refractivity contribution in [3.05, 3.63) is 23.8 Å². The molecule has 0 bridgehead atoms. The monoisotopic (exact) mass is 475 g/mol. The fraction of sp³-hybridized carbons (Fsp3) is 0.625. The van der Waals surface area contributed by atoms with E-state index in [-0.39, 0.29) is 37.1 Å². The second kappa shape index (κ2) is 11.1. The van der Waals surface area contributed by atoms with Gasteiger partial charge in [-0.2, -0.15) is 0 Å². The minimum Gasteiger partial charge on any atom is -0.452 e. The summed E-state index contributed by atoms with van der Waals surface area (Å²) in [5, 5.41) is 3.22. The Morgan fingerprint density at radius 2 is 1.91 bits per heavy atom. The summed E-state index contributed by atoms with van der Waals surface area (Å²) in [6, 6.07) is 5.65. The number of nitrogens with two attached hydrogens (primary N) is 1. The van der Waals surface area contributed by atoms with E-state index < -0.39 is 12.2 Å². The number of methoxy groups -OCH3 is 1. The number of likely N-dealkylation sites (N-methyl/N-ethyl adjacent to an activating group) is 1. The Bertz CT molecular complexity index is 904. The van der Waals surface area contributed by atoms with Crippen LogP contribution in [0, 0.1) is 0 Å². The van der Waals surface area contributed by atoms with Gasteiger partial charge in [-0.25, -0.2) is 9.59 Å². The number of nitrogens with zero attached hydrogens (tertiary/aromatic N) is 3. The Morgan fingerprint density at radius 1 is 1.21 bits per heavy atom. The molecule has 10 nitrogen and oxygen atoms in total. The summed E-state index contributed by atoms with van der Waals surface area (Å²) in [5.41, 5.74) is 8.11. The van der Waals surface area contributed by atoms with Gasteiger partial charge in [-0.05, 0) is 51.3 Å². The van der Waals surface area contributed by atoms with Crippen LogP contribution in [0.5, 0.6) is 0 Å². The van der Waals surface area contributed by atoms with Crippen molar-refractivity contribution in [1.29, 1.82) is 0 Å². The van der Waals surface area contributed by atoms with Gasteiger partial charge in [0.15, 0.2) is 0 Å². The number of rotatable bonds is 8. The third kappa shape index (κ3) is 5.79. The van der Waals surface area contributed by atoms with Crippen molar-refractivity contribution in [2.75, 3.05) is 50.1 Å². The fourth-order valence-corrected chi connectivity index (χ4v) is 4.19. The lowest BCUT2D eigenvalue weighted by Gasteiger charge is -2.40. The van der Waals surface area contributed by atoms with E-state index in [9.17, 15) is 14.4 Å². The average molecular weight is 476 g/mol. The van der Waals surface area contributed by atoms with Gasteiger partial charge >= 0.3 is 12.2 Å². The predicted molar refractivity (Wildman–Crippen MR) is 130 cm³/mol. The van der Waals surface area contributed by atoms with Crippen LogP contribution in [-0.2, 0) is 14.3 Å². The molecule has 3 rings (SSSR count). The van der Waals surface area contributed by atoms with Gasteiger partial charge in [0.25, 0.3) is 0 Å². The number of carbonyl (C=O) groups is 3. The topological polar surface area (TPSA) is 117 Å². The highest BCUT2D eigenvalue weighted by molar-refractivity contribution is 6.01. The zero-order valence-electron chi connectivity index (χ0n) is 20.7. The summed E-state index contributed by atoms with van der Waals surface area (Å²) in [4.78, 5) is 42.6. The predicted octanol–water partition coefficient (Wildman–Crippen LogP) is 2.27. The molecule has 1 saturated carbocycles. The maximum Gasteiger partial charge on any atom is 0.414 e. The summed E-state index contributed by atoms with van der Waals surface area (Å²) in [5.74, 6) is -0.0211. The quantitative estimate of drug-likeness (QED) is 0.592. The van der Waals surface area contributed by atoms with E-state index in [1.165, 1.54) is 7.11 Å². The number of nitrogens with one attached hydrogen (secondary N) is 1. The first-order valence-electron chi connectivity index (χ1n) is 11.8. The molecule has 34 heavy (non-hydrogen) atoms. The maximum atomic E-state index is 12.9. The van der Waals surface area contributed by atoms with Crippen LogP contribution in [0.1, 0.15) is 45.1 Å². The summed E-state index contributed by atoms with van der Waals surface area (Å²) in [6.45, 7) is 6.81. The molecule has 10 heteroatoms. The van der Waals surface area contributed by atoms with Crippen molar-refractivity contribution in [2.24, 2.45) is 5.73 Å². The highest BCUT2D eigenvalue weighted by Gasteiger charge is 2.37. The number of fused-ring (bicyclic) bond motifs is 1. The molecule has 2 atom stereocenters. The van der Waals surface area contributed by atoms with Crippen LogP contribution in [0.15, 0.2) is 18.2 Å². The molecule has 3 N–H and O–H groups in total. The third-order valence-corrected chi connectivity index (χ3v) is 6.28. The first-order valence-corrected chi connectivity index (χ1v) is 11.8. The standard InChI is InChI=1S/C24H37N5O5/c1-15(2)34-23(31)28-14-16(3)29(24(32)33-5)20-9-6-17(10-21(20)28)18(11-25)12-26-13-22(30)27(4)19-7-8-19/h6,9-10,15-16,18-19,26H,7-8,11-14,25H2,1-5H3/t16-,18?/m0/s1. The van der Waals surface area contributed by atoms with Crippen molar-refractivity contribution >= 4 is 29.5 Å². The van der Waals surface area contributed by atoms with Crippen molar-refractivity contribution < 1.29 is 23.9 Å². The lowest BCUT2D eigenvalue weighted by atomic mass is 9.96. The van der Waals surface area contributed by atoms with E-state index >= 15 is 0 Å². The number of benzene rings is 1. The average Bonchev–Trinajstić information content (AvgIpc) is 3.65. The van der Waals surface area contributed by atoms with Crippen molar-refractivity contribution in [3.63, 3.8) is 0 Å². The highest BCUT2D eigenvalue weighted by Crippen LogP contribution is 2.38. The molecule has 1 fully saturated rings. The number of hydrogen-bond acceptors (Lipinski definition) is 7. The van der Waals surface area contributed by atoms with Crippen LogP contribution < -0.4 is 20.9 Å². The summed E-state index contributed by atoms with van der Waals surface area (Å²) in [6.07, 6.45) is 0.898. The molecule has 1 aromatic rings. The Morgan fingerprint density at radius 3 is 2.50 bits per heavy atom. The number of hydrogen-bond donors (Lipinski definition) is 2. The normalized spacial score (nSPS) is 18.4. The van der Waals surface area contributed by atoms with E-state index in [1.54, 1.807) is 28.5 Å². The molecule has 0 aromatic heterocycles. The largest absolute Gasteiger partial charge is 0.452 e. The molecule has 0 radical (unpaired) electrons. The number of ether oxygens (including phenoxy) is 2. The van der Waals surface area contributed by atoms with Gasteiger partial charge in [0, 0.05) is 32.1 Å². The Balaban J connectivity index is 1.82. The molecular formula is C24H37N5O5. The lowest BCUT2D eigenvalue weighted by molar-refractivity contribution is -0.129. The maximum absolute atomic E-state index is 12.9. The molecule has 0 spiro atoms. The second-order valence-electron chi connectivity index (χ2n) is 9.28. The Kier molecular flexibility index (Phi) is 8.37. The van der Waals surface area contributed by atoms with Crippen LogP contribution in [0.3, 0.4) is 0 Å². The minimum atomic E-state index is -0.492. The van der Waals surface area contributed by atoms with E-state index in [1.807, 2.05) is 32.2 Å².